The molecule has 0 N–H and O–H groups in total. The highest BCUT2D eigenvalue weighted by atomic mass is 16.1. The van der Waals surface area contributed by atoms with Crippen molar-refractivity contribution in [2.24, 2.45) is 11.8 Å². The van der Waals surface area contributed by atoms with Gasteiger partial charge in [0.15, 0.2) is 0 Å². The van der Waals surface area contributed by atoms with E-state index in [0.29, 0.717) is 0 Å². The summed E-state index contributed by atoms with van der Waals surface area (Å²) < 4.78 is 0. The van der Waals surface area contributed by atoms with Crippen LogP contribution in [0.1, 0.15) is 155 Å². The molecule has 0 saturated heterocycles. The topological polar surface area (TPSA) is 34.1 Å². The molecule has 2 unspecified atom stereocenters. The van der Waals surface area contributed by atoms with Crippen molar-refractivity contribution in [2.45, 2.75) is 155 Å². The van der Waals surface area contributed by atoms with Crippen molar-refractivity contribution in [2.75, 3.05) is 0 Å². The maximum absolute atomic E-state index is 11.5. The van der Waals surface area contributed by atoms with Gasteiger partial charge in [-0.3, -0.25) is 0 Å². The van der Waals surface area contributed by atoms with E-state index in [1.54, 1.807) is 0 Å². The van der Waals surface area contributed by atoms with Crippen LogP contribution >= 0.6 is 0 Å². The van der Waals surface area contributed by atoms with Gasteiger partial charge in [-0.2, -0.15) is 0 Å². The number of hydrogen-bond acceptors (Lipinski definition) is 2. The van der Waals surface area contributed by atoms with Crippen LogP contribution in [0.2, 0.25) is 0 Å². The normalized spacial score (nSPS) is 13.3. The van der Waals surface area contributed by atoms with Crippen LogP contribution in [0.4, 0.5) is 0 Å². The first-order valence-corrected chi connectivity index (χ1v) is 13.7. The zero-order chi connectivity index (χ0) is 22.1. The molecule has 0 fully saturated rings. The molecule has 0 spiro atoms. The van der Waals surface area contributed by atoms with Crippen molar-refractivity contribution in [3.63, 3.8) is 0 Å². The van der Waals surface area contributed by atoms with E-state index in [-0.39, 0.29) is 11.8 Å². The maximum atomic E-state index is 11.5. The van der Waals surface area contributed by atoms with Gasteiger partial charge < -0.3 is 9.59 Å². The van der Waals surface area contributed by atoms with Crippen LogP contribution in [0.15, 0.2) is 0 Å². The van der Waals surface area contributed by atoms with E-state index >= 15 is 0 Å². The largest absolute Gasteiger partial charge is 0.303 e. The molecule has 0 saturated carbocycles. The smallest absolute Gasteiger partial charge is 0.123 e. The lowest BCUT2D eigenvalue weighted by molar-refractivity contribution is -0.119. The summed E-state index contributed by atoms with van der Waals surface area (Å²) in [6, 6.07) is 0. The van der Waals surface area contributed by atoms with E-state index in [1.165, 1.54) is 116 Å². The van der Waals surface area contributed by atoms with Gasteiger partial charge in [0.1, 0.15) is 12.6 Å². The highest BCUT2D eigenvalue weighted by Gasteiger charge is 2.19. The molecule has 0 heterocycles. The van der Waals surface area contributed by atoms with E-state index in [0.717, 1.165) is 38.3 Å². The zero-order valence-corrected chi connectivity index (χ0v) is 20.7. The summed E-state index contributed by atoms with van der Waals surface area (Å²) in [5.41, 5.74) is 0. The average molecular weight is 423 g/mol. The maximum Gasteiger partial charge on any atom is 0.123 e. The fraction of sp³-hybridized carbons (Fsp3) is 0.929. The number of aldehydes is 2. The monoisotopic (exact) mass is 422 g/mol. The Balaban J connectivity index is 3.64. The summed E-state index contributed by atoms with van der Waals surface area (Å²) in [7, 11) is 0. The average Bonchev–Trinajstić information content (AvgIpc) is 2.77. The van der Waals surface area contributed by atoms with Crippen LogP contribution in [0.3, 0.4) is 0 Å². The SMILES string of the molecule is CCCCCCCCCCCCC(C=O)C(C=O)CCCCCCCCCCCC. The Morgan fingerprint density at radius 2 is 0.633 bits per heavy atom. The molecule has 0 aliphatic rings. The van der Waals surface area contributed by atoms with Crippen LogP contribution in [0, 0.1) is 11.8 Å². The quantitative estimate of drug-likeness (QED) is 0.108. The number of carbonyl (C=O) groups excluding carboxylic acids is 2. The molecule has 0 aliphatic carbocycles. The summed E-state index contributed by atoms with van der Waals surface area (Å²) in [6.45, 7) is 4.53. The van der Waals surface area contributed by atoms with Gasteiger partial charge in [0, 0.05) is 11.8 Å². The Bertz CT molecular complexity index is 319. The minimum atomic E-state index is -0.0462. The summed E-state index contributed by atoms with van der Waals surface area (Å²) in [5.74, 6) is -0.0924. The van der Waals surface area contributed by atoms with Crippen LogP contribution in [0.25, 0.3) is 0 Å². The molecule has 0 aliphatic heterocycles. The lowest BCUT2D eigenvalue weighted by Crippen LogP contribution is -2.18. The third kappa shape index (κ3) is 19.3. The van der Waals surface area contributed by atoms with Gasteiger partial charge in [0.05, 0.1) is 0 Å². The van der Waals surface area contributed by atoms with Gasteiger partial charge >= 0.3 is 0 Å². The van der Waals surface area contributed by atoms with Crippen molar-refractivity contribution in [1.82, 2.24) is 0 Å². The number of unbranched alkanes of at least 4 members (excludes halogenated alkanes) is 18. The number of carbonyl (C=O) groups is 2. The van der Waals surface area contributed by atoms with Crippen molar-refractivity contribution < 1.29 is 9.59 Å². The molecule has 2 heteroatoms. The Kier molecular flexibility index (Phi) is 24.1. The zero-order valence-electron chi connectivity index (χ0n) is 20.7. The first-order valence-electron chi connectivity index (χ1n) is 13.7. The fourth-order valence-corrected chi connectivity index (χ4v) is 4.50. The van der Waals surface area contributed by atoms with Crippen molar-refractivity contribution in [1.29, 1.82) is 0 Å². The summed E-state index contributed by atoms with van der Waals surface area (Å²) in [6.07, 6.45) is 30.2. The molecular formula is C28H54O2. The standard InChI is InChI=1S/C28H54O2/c1-3-5-7-9-11-13-15-17-19-21-23-27(25-29)28(26-30)24-22-20-18-16-14-12-10-8-6-4-2/h25-28H,3-24H2,1-2H3. The first kappa shape index (κ1) is 29.3. The van der Waals surface area contributed by atoms with Crippen molar-refractivity contribution in [3.05, 3.63) is 0 Å². The van der Waals surface area contributed by atoms with Gasteiger partial charge in [-0.1, -0.05) is 142 Å². The molecule has 30 heavy (non-hydrogen) atoms. The second-order valence-electron chi connectivity index (χ2n) is 9.54. The van der Waals surface area contributed by atoms with E-state index in [4.69, 9.17) is 0 Å². The number of rotatable bonds is 25. The molecule has 0 radical (unpaired) electrons. The third-order valence-electron chi connectivity index (χ3n) is 6.68. The van der Waals surface area contributed by atoms with E-state index < -0.39 is 0 Å². The van der Waals surface area contributed by atoms with Crippen LogP contribution < -0.4 is 0 Å². The Morgan fingerprint density at radius 3 is 0.867 bits per heavy atom. The Morgan fingerprint density at radius 1 is 0.400 bits per heavy atom. The molecule has 178 valence electrons. The van der Waals surface area contributed by atoms with E-state index in [2.05, 4.69) is 13.8 Å². The van der Waals surface area contributed by atoms with Gasteiger partial charge in [0.25, 0.3) is 0 Å². The minimum Gasteiger partial charge on any atom is -0.303 e. The summed E-state index contributed by atoms with van der Waals surface area (Å²) in [5, 5.41) is 0. The van der Waals surface area contributed by atoms with Gasteiger partial charge in [-0.25, -0.2) is 0 Å². The summed E-state index contributed by atoms with van der Waals surface area (Å²) in [4.78, 5) is 23.0. The molecule has 0 bridgehead atoms. The molecular weight excluding hydrogens is 368 g/mol. The first-order chi connectivity index (χ1) is 14.8. The Labute approximate surface area is 189 Å². The second-order valence-corrected chi connectivity index (χ2v) is 9.54. The molecule has 0 amide bonds. The molecule has 0 rings (SSSR count). The Hall–Kier alpha value is -0.660. The van der Waals surface area contributed by atoms with Crippen LogP contribution in [-0.4, -0.2) is 12.6 Å². The third-order valence-corrected chi connectivity index (χ3v) is 6.68. The van der Waals surface area contributed by atoms with Crippen LogP contribution in [-0.2, 0) is 9.59 Å². The highest BCUT2D eigenvalue weighted by Crippen LogP contribution is 2.23. The lowest BCUT2D eigenvalue weighted by atomic mass is 9.86. The molecule has 0 aromatic rings. The van der Waals surface area contributed by atoms with Gasteiger partial charge in [-0.15, -0.1) is 0 Å². The molecule has 2 nitrogen and oxygen atoms in total. The lowest BCUT2D eigenvalue weighted by Gasteiger charge is -2.17. The molecule has 0 aromatic carbocycles. The second kappa shape index (κ2) is 24.6. The predicted molar refractivity (Wildman–Crippen MR) is 132 cm³/mol. The van der Waals surface area contributed by atoms with E-state index in [9.17, 15) is 9.59 Å². The number of hydrogen-bond donors (Lipinski definition) is 0. The van der Waals surface area contributed by atoms with Gasteiger partial charge in [-0.05, 0) is 12.8 Å². The van der Waals surface area contributed by atoms with E-state index in [1.807, 2.05) is 0 Å². The summed E-state index contributed by atoms with van der Waals surface area (Å²) >= 11 is 0. The molecule has 0 aromatic heterocycles. The van der Waals surface area contributed by atoms with Crippen molar-refractivity contribution in [3.8, 4) is 0 Å². The predicted octanol–water partition coefficient (Wildman–Crippen LogP) is 9.24. The fourth-order valence-electron chi connectivity index (χ4n) is 4.50. The van der Waals surface area contributed by atoms with Crippen LogP contribution in [0.5, 0.6) is 0 Å². The highest BCUT2D eigenvalue weighted by molar-refractivity contribution is 5.64. The minimum absolute atomic E-state index is 0.0462. The molecule has 2 atom stereocenters. The van der Waals surface area contributed by atoms with Gasteiger partial charge in [0.2, 0.25) is 0 Å². The van der Waals surface area contributed by atoms with Crippen molar-refractivity contribution >= 4 is 12.6 Å².